The summed E-state index contributed by atoms with van der Waals surface area (Å²) in [5.74, 6) is -0.699. The fourth-order valence-corrected chi connectivity index (χ4v) is 4.30. The van der Waals surface area contributed by atoms with Crippen molar-refractivity contribution in [1.29, 1.82) is 0 Å². The van der Waals surface area contributed by atoms with Gasteiger partial charge in [0.25, 0.3) is 11.5 Å². The molecule has 1 aromatic carbocycles. The van der Waals surface area contributed by atoms with E-state index in [1.165, 1.54) is 12.1 Å². The Labute approximate surface area is 180 Å². The van der Waals surface area contributed by atoms with Crippen LogP contribution in [-0.2, 0) is 24.2 Å². The maximum absolute atomic E-state index is 13.3. The molecule has 0 saturated carbocycles. The van der Waals surface area contributed by atoms with Gasteiger partial charge in [0.2, 0.25) is 5.91 Å². The molecule has 7 heteroatoms. The molecule has 0 saturated heterocycles. The first-order valence-corrected chi connectivity index (χ1v) is 10.7. The molecule has 2 aromatic rings. The van der Waals surface area contributed by atoms with Crippen LogP contribution in [0.15, 0.2) is 47.4 Å². The predicted octanol–water partition coefficient (Wildman–Crippen LogP) is 2.87. The van der Waals surface area contributed by atoms with Crippen molar-refractivity contribution in [2.24, 2.45) is 0 Å². The molecule has 4 rings (SSSR count). The van der Waals surface area contributed by atoms with Gasteiger partial charge in [-0.1, -0.05) is 24.3 Å². The van der Waals surface area contributed by atoms with Crippen LogP contribution in [0.5, 0.6) is 0 Å². The molecule has 1 aliphatic carbocycles. The second kappa shape index (κ2) is 9.29. The zero-order valence-corrected chi connectivity index (χ0v) is 17.3. The zero-order valence-electron chi connectivity index (χ0n) is 17.3. The number of carbonyl (C=O) groups is 2. The molecule has 6 nitrogen and oxygen atoms in total. The maximum Gasteiger partial charge on any atom is 0.261 e. The number of H-pyrrole nitrogens is 1. The lowest BCUT2D eigenvalue weighted by atomic mass is 9.95. The number of nitrogens with one attached hydrogen (secondary N) is 2. The van der Waals surface area contributed by atoms with Crippen LogP contribution in [0.25, 0.3) is 0 Å². The highest BCUT2D eigenvalue weighted by molar-refractivity contribution is 5.96. The Morgan fingerprint density at radius 3 is 2.94 bits per heavy atom. The number of hydrogen-bond donors (Lipinski definition) is 2. The van der Waals surface area contributed by atoms with E-state index in [4.69, 9.17) is 0 Å². The van der Waals surface area contributed by atoms with Crippen molar-refractivity contribution in [3.8, 4) is 0 Å². The highest BCUT2D eigenvalue weighted by Crippen LogP contribution is 2.21. The van der Waals surface area contributed by atoms with Crippen LogP contribution >= 0.6 is 0 Å². The van der Waals surface area contributed by atoms with Crippen LogP contribution in [0.4, 0.5) is 4.39 Å². The molecule has 2 heterocycles. The molecular formula is C24H26FN3O3. The van der Waals surface area contributed by atoms with Gasteiger partial charge in [-0.3, -0.25) is 14.4 Å². The van der Waals surface area contributed by atoms with Gasteiger partial charge < -0.3 is 15.2 Å². The minimum absolute atomic E-state index is 0.0283. The number of aryl methyl sites for hydroxylation is 1. The number of carbonyl (C=O) groups excluding carboxylic acids is 2. The van der Waals surface area contributed by atoms with E-state index in [2.05, 4.69) is 10.3 Å². The van der Waals surface area contributed by atoms with Gasteiger partial charge in [0.1, 0.15) is 11.4 Å². The van der Waals surface area contributed by atoms with Crippen molar-refractivity contribution in [2.75, 3.05) is 6.54 Å². The van der Waals surface area contributed by atoms with Gasteiger partial charge in [0, 0.05) is 31.7 Å². The molecular weight excluding hydrogens is 397 g/mol. The summed E-state index contributed by atoms with van der Waals surface area (Å²) in [6, 6.07) is 6.21. The van der Waals surface area contributed by atoms with Gasteiger partial charge in [-0.25, -0.2) is 4.39 Å². The van der Waals surface area contributed by atoms with Crippen LogP contribution < -0.4 is 10.9 Å². The minimum Gasteiger partial charge on any atom is -0.346 e. The first kappa shape index (κ1) is 21.0. The Kier molecular flexibility index (Phi) is 6.30. The van der Waals surface area contributed by atoms with Gasteiger partial charge in [0.15, 0.2) is 0 Å². The van der Waals surface area contributed by atoms with Crippen LogP contribution in [0, 0.1) is 5.82 Å². The number of allylic oxidation sites excluding steroid dienone is 1. The summed E-state index contributed by atoms with van der Waals surface area (Å²) in [5.41, 5.74) is 2.04. The second-order valence-electron chi connectivity index (χ2n) is 8.13. The van der Waals surface area contributed by atoms with E-state index in [0.29, 0.717) is 25.9 Å². The normalized spacial score (nSPS) is 17.8. The van der Waals surface area contributed by atoms with Gasteiger partial charge >= 0.3 is 0 Å². The molecule has 0 spiro atoms. The molecule has 162 valence electrons. The largest absolute Gasteiger partial charge is 0.346 e. The lowest BCUT2D eigenvalue weighted by Crippen LogP contribution is -2.41. The molecule has 1 aliphatic heterocycles. The Bertz CT molecular complexity index is 1080. The van der Waals surface area contributed by atoms with E-state index < -0.39 is 5.56 Å². The number of nitrogens with zero attached hydrogens (tertiary/aromatic N) is 1. The average molecular weight is 423 g/mol. The van der Waals surface area contributed by atoms with Crippen molar-refractivity contribution >= 4 is 11.8 Å². The molecule has 1 atom stereocenters. The number of pyridine rings is 1. The Balaban J connectivity index is 1.44. The quantitative estimate of drug-likeness (QED) is 0.726. The van der Waals surface area contributed by atoms with Crippen molar-refractivity contribution in [3.63, 3.8) is 0 Å². The third kappa shape index (κ3) is 4.93. The van der Waals surface area contributed by atoms with Gasteiger partial charge in [-0.15, -0.1) is 0 Å². The molecule has 31 heavy (non-hydrogen) atoms. The smallest absolute Gasteiger partial charge is 0.261 e. The number of halogens is 1. The fraction of sp³-hybridized carbons (Fsp3) is 0.375. The summed E-state index contributed by atoms with van der Waals surface area (Å²) in [6.07, 6.45) is 9.71. The van der Waals surface area contributed by atoms with Gasteiger partial charge in [-0.2, -0.15) is 0 Å². The van der Waals surface area contributed by atoms with E-state index in [0.717, 1.165) is 36.0 Å². The average Bonchev–Trinajstić information content (AvgIpc) is 2.77. The van der Waals surface area contributed by atoms with Crippen LogP contribution in [-0.4, -0.2) is 34.3 Å². The Morgan fingerprint density at radius 2 is 2.16 bits per heavy atom. The van der Waals surface area contributed by atoms with Gasteiger partial charge in [0.05, 0.1) is 0 Å². The number of benzene rings is 1. The SMILES string of the molecule is O=C(NC1C=CCCC1)c1c2c(c[nH]c1=O)CN(C(=O)CCc1cccc(F)c1)CC2. The first-order valence-electron chi connectivity index (χ1n) is 10.7. The number of rotatable bonds is 5. The second-order valence-corrected chi connectivity index (χ2v) is 8.13. The minimum atomic E-state index is -0.401. The van der Waals surface area contributed by atoms with E-state index in [1.807, 2.05) is 12.2 Å². The van der Waals surface area contributed by atoms with Gasteiger partial charge in [-0.05, 0) is 60.9 Å². The number of hydrogen-bond acceptors (Lipinski definition) is 3. The number of aromatic nitrogens is 1. The Hall–Kier alpha value is -3.22. The van der Waals surface area contributed by atoms with Crippen molar-refractivity contribution < 1.29 is 14.0 Å². The molecule has 0 bridgehead atoms. The van der Waals surface area contributed by atoms with E-state index >= 15 is 0 Å². The maximum atomic E-state index is 13.3. The van der Waals surface area contributed by atoms with Crippen molar-refractivity contribution in [1.82, 2.24) is 15.2 Å². The predicted molar refractivity (Wildman–Crippen MR) is 115 cm³/mol. The van der Waals surface area contributed by atoms with Crippen LogP contribution in [0.1, 0.15) is 52.7 Å². The first-order chi connectivity index (χ1) is 15.0. The molecule has 2 N–H and O–H groups in total. The summed E-state index contributed by atoms with van der Waals surface area (Å²) in [7, 11) is 0. The fourth-order valence-electron chi connectivity index (χ4n) is 4.30. The van der Waals surface area contributed by atoms with E-state index in [-0.39, 0.29) is 35.7 Å². The van der Waals surface area contributed by atoms with Crippen molar-refractivity contribution in [2.45, 2.75) is 51.1 Å². The monoisotopic (exact) mass is 423 g/mol. The summed E-state index contributed by atoms with van der Waals surface area (Å²) in [4.78, 5) is 42.3. The zero-order chi connectivity index (χ0) is 21.8. The number of fused-ring (bicyclic) bond motifs is 1. The van der Waals surface area contributed by atoms with E-state index in [9.17, 15) is 18.8 Å². The highest BCUT2D eigenvalue weighted by atomic mass is 19.1. The summed E-state index contributed by atoms with van der Waals surface area (Å²) in [6.45, 7) is 0.791. The molecule has 2 aliphatic rings. The van der Waals surface area contributed by atoms with Crippen molar-refractivity contribution in [3.05, 3.63) is 81.0 Å². The molecule has 1 unspecified atom stereocenters. The summed E-state index contributed by atoms with van der Waals surface area (Å²) < 4.78 is 13.3. The molecule has 2 amide bonds. The summed E-state index contributed by atoms with van der Waals surface area (Å²) >= 11 is 0. The third-order valence-electron chi connectivity index (χ3n) is 5.95. The lowest BCUT2D eigenvalue weighted by Gasteiger charge is -2.30. The lowest BCUT2D eigenvalue weighted by molar-refractivity contribution is -0.132. The molecule has 0 radical (unpaired) electrons. The van der Waals surface area contributed by atoms with Crippen LogP contribution in [0.2, 0.25) is 0 Å². The molecule has 1 aromatic heterocycles. The molecule has 0 fully saturated rings. The third-order valence-corrected chi connectivity index (χ3v) is 5.95. The number of aromatic amines is 1. The number of amides is 2. The highest BCUT2D eigenvalue weighted by Gasteiger charge is 2.27. The van der Waals surface area contributed by atoms with Crippen LogP contribution in [0.3, 0.4) is 0 Å². The standard InChI is InChI=1S/C24H26FN3O3/c25-18-6-4-5-16(13-18)9-10-21(29)28-12-11-20-17(15-28)14-26-23(30)22(20)24(31)27-19-7-2-1-3-8-19/h2,4-7,13-14,19H,1,3,8-12,15H2,(H,26,30)(H,27,31). The van der Waals surface area contributed by atoms with E-state index in [1.54, 1.807) is 23.2 Å². The Morgan fingerprint density at radius 1 is 1.29 bits per heavy atom. The topological polar surface area (TPSA) is 82.3 Å². The summed E-state index contributed by atoms with van der Waals surface area (Å²) in [5, 5.41) is 2.95.